The number of para-hydroxylation sites is 1. The normalized spacial score (nSPS) is 10.7. The Morgan fingerprint density at radius 2 is 2.04 bits per heavy atom. The van der Waals surface area contributed by atoms with Crippen LogP contribution in [0.2, 0.25) is 0 Å². The highest BCUT2D eigenvalue weighted by atomic mass is 32.1. The van der Waals surface area contributed by atoms with Crippen molar-refractivity contribution in [2.75, 3.05) is 14.2 Å². The van der Waals surface area contributed by atoms with Gasteiger partial charge in [-0.15, -0.1) is 11.3 Å². The Labute approximate surface area is 139 Å². The number of aromatic amines is 1. The molecule has 0 spiro atoms. The fourth-order valence-corrected chi connectivity index (χ4v) is 3.27. The van der Waals surface area contributed by atoms with E-state index in [-0.39, 0.29) is 0 Å². The molecule has 3 rings (SSSR count). The number of nitrogens with zero attached hydrogens (tertiary/aromatic N) is 1. The van der Waals surface area contributed by atoms with Crippen molar-refractivity contribution in [2.45, 2.75) is 13.1 Å². The van der Waals surface area contributed by atoms with Gasteiger partial charge in [-0.1, -0.05) is 12.1 Å². The maximum Gasteiger partial charge on any atom is 0.165 e. The largest absolute Gasteiger partial charge is 0.493 e. The Bertz CT molecular complexity index is 753. The van der Waals surface area contributed by atoms with Crippen LogP contribution in [0.1, 0.15) is 10.6 Å². The number of H-pyrrole nitrogens is 1. The van der Waals surface area contributed by atoms with Gasteiger partial charge in [0.05, 0.1) is 24.8 Å². The Balaban J connectivity index is 1.62. The average Bonchev–Trinajstić information content (AvgIpc) is 3.25. The fraction of sp³-hybridized carbons (Fsp3) is 0.235. The summed E-state index contributed by atoms with van der Waals surface area (Å²) in [5, 5.41) is 4.46. The summed E-state index contributed by atoms with van der Waals surface area (Å²) in [7, 11) is 3.30. The molecule has 0 radical (unpaired) electrons. The maximum absolute atomic E-state index is 5.44. The van der Waals surface area contributed by atoms with E-state index in [2.05, 4.69) is 15.3 Å². The first-order valence-corrected chi connectivity index (χ1v) is 8.12. The van der Waals surface area contributed by atoms with Crippen LogP contribution in [0.25, 0.3) is 10.6 Å². The van der Waals surface area contributed by atoms with Crippen molar-refractivity contribution >= 4 is 11.3 Å². The lowest BCUT2D eigenvalue weighted by molar-refractivity contribution is 0.350. The molecule has 2 N–H and O–H groups in total. The molecule has 3 aromatic rings. The zero-order chi connectivity index (χ0) is 16.1. The van der Waals surface area contributed by atoms with E-state index in [4.69, 9.17) is 9.47 Å². The van der Waals surface area contributed by atoms with Crippen LogP contribution in [-0.4, -0.2) is 24.2 Å². The highest BCUT2D eigenvalue weighted by molar-refractivity contribution is 7.15. The molecule has 2 aromatic heterocycles. The second kappa shape index (κ2) is 7.30. The number of methoxy groups -OCH3 is 2. The van der Waals surface area contributed by atoms with Crippen LogP contribution in [0.5, 0.6) is 11.5 Å². The zero-order valence-electron chi connectivity index (χ0n) is 13.1. The minimum atomic E-state index is 0.692. The Hall–Kier alpha value is -2.31. The first-order chi connectivity index (χ1) is 11.3. The number of thiazole rings is 1. The molecule has 0 fully saturated rings. The molecule has 0 atom stereocenters. The lowest BCUT2D eigenvalue weighted by atomic mass is 10.2. The quantitative estimate of drug-likeness (QED) is 0.697. The second-order valence-electron chi connectivity index (χ2n) is 4.96. The van der Waals surface area contributed by atoms with Crippen molar-refractivity contribution in [3.8, 4) is 22.1 Å². The highest BCUT2D eigenvalue weighted by Crippen LogP contribution is 2.30. The monoisotopic (exact) mass is 329 g/mol. The number of benzene rings is 1. The summed E-state index contributed by atoms with van der Waals surface area (Å²) in [6.07, 6.45) is 3.82. The molecule has 0 aliphatic heterocycles. The van der Waals surface area contributed by atoms with Gasteiger partial charge in [0.1, 0.15) is 5.01 Å². The number of hydrogen-bond donors (Lipinski definition) is 2. The van der Waals surface area contributed by atoms with Crippen LogP contribution in [0.4, 0.5) is 0 Å². The van der Waals surface area contributed by atoms with Crippen LogP contribution in [0.3, 0.4) is 0 Å². The van der Waals surface area contributed by atoms with Crippen LogP contribution >= 0.6 is 11.3 Å². The van der Waals surface area contributed by atoms with E-state index in [1.165, 1.54) is 0 Å². The molecule has 23 heavy (non-hydrogen) atoms. The summed E-state index contributed by atoms with van der Waals surface area (Å²) in [5.74, 6) is 1.52. The summed E-state index contributed by atoms with van der Waals surface area (Å²) in [5.41, 5.74) is 2.16. The van der Waals surface area contributed by atoms with Gasteiger partial charge in [0.15, 0.2) is 11.5 Å². The number of rotatable bonds is 7. The Kier molecular flexibility index (Phi) is 4.95. The smallest absolute Gasteiger partial charge is 0.165 e. The predicted molar refractivity (Wildman–Crippen MR) is 92.0 cm³/mol. The van der Waals surface area contributed by atoms with Crippen molar-refractivity contribution in [2.24, 2.45) is 0 Å². The summed E-state index contributed by atoms with van der Waals surface area (Å²) < 4.78 is 10.8. The molecule has 0 unspecified atom stereocenters. The minimum absolute atomic E-state index is 0.692. The summed E-state index contributed by atoms with van der Waals surface area (Å²) in [4.78, 5) is 8.80. The van der Waals surface area contributed by atoms with E-state index in [1.807, 2.05) is 42.7 Å². The van der Waals surface area contributed by atoms with Crippen molar-refractivity contribution in [3.05, 3.63) is 53.3 Å². The molecule has 0 saturated carbocycles. The highest BCUT2D eigenvalue weighted by Gasteiger charge is 2.09. The Morgan fingerprint density at radius 3 is 2.78 bits per heavy atom. The van der Waals surface area contributed by atoms with Crippen LogP contribution in [0, 0.1) is 0 Å². The third kappa shape index (κ3) is 3.55. The van der Waals surface area contributed by atoms with Crippen molar-refractivity contribution in [3.63, 3.8) is 0 Å². The maximum atomic E-state index is 5.44. The summed E-state index contributed by atoms with van der Waals surface area (Å²) in [6.45, 7) is 1.41. The standard InChI is InChI=1S/C17H19N3O2S/c1-21-14-7-3-5-12(17(14)22-2)9-18-11-16-20-10-15(23-16)13-6-4-8-19-13/h3-8,10,18-19H,9,11H2,1-2H3. The summed E-state index contributed by atoms with van der Waals surface area (Å²) >= 11 is 1.68. The molecule has 2 heterocycles. The minimum Gasteiger partial charge on any atom is -0.493 e. The number of nitrogens with one attached hydrogen (secondary N) is 2. The van der Waals surface area contributed by atoms with Crippen molar-refractivity contribution in [1.29, 1.82) is 0 Å². The van der Waals surface area contributed by atoms with Gasteiger partial charge < -0.3 is 19.8 Å². The number of hydrogen-bond acceptors (Lipinski definition) is 5. The predicted octanol–water partition coefficient (Wildman–Crippen LogP) is 3.45. The van der Waals surface area contributed by atoms with E-state index >= 15 is 0 Å². The van der Waals surface area contributed by atoms with Gasteiger partial charge in [0.2, 0.25) is 0 Å². The first-order valence-electron chi connectivity index (χ1n) is 7.31. The number of aromatic nitrogens is 2. The lowest BCUT2D eigenvalue weighted by Crippen LogP contribution is -2.13. The molecule has 120 valence electrons. The number of ether oxygens (including phenoxy) is 2. The van der Waals surface area contributed by atoms with Gasteiger partial charge in [-0.05, 0) is 18.2 Å². The van der Waals surface area contributed by atoms with Gasteiger partial charge in [-0.25, -0.2) is 4.98 Å². The molecular formula is C17H19N3O2S. The fourth-order valence-electron chi connectivity index (χ4n) is 2.40. The Morgan fingerprint density at radius 1 is 1.13 bits per heavy atom. The van der Waals surface area contributed by atoms with E-state index in [0.29, 0.717) is 13.1 Å². The lowest BCUT2D eigenvalue weighted by Gasteiger charge is -2.12. The van der Waals surface area contributed by atoms with Gasteiger partial charge in [0.25, 0.3) is 0 Å². The first kappa shape index (κ1) is 15.6. The third-order valence-corrected chi connectivity index (χ3v) is 4.52. The third-order valence-electron chi connectivity index (χ3n) is 3.49. The van der Waals surface area contributed by atoms with Crippen molar-refractivity contribution < 1.29 is 9.47 Å². The van der Waals surface area contributed by atoms with E-state index in [9.17, 15) is 0 Å². The van der Waals surface area contributed by atoms with Crippen molar-refractivity contribution in [1.82, 2.24) is 15.3 Å². The molecule has 0 amide bonds. The van der Waals surface area contributed by atoms with Gasteiger partial charge >= 0.3 is 0 Å². The second-order valence-corrected chi connectivity index (χ2v) is 6.07. The van der Waals surface area contributed by atoms with Crippen LogP contribution in [-0.2, 0) is 13.1 Å². The molecular weight excluding hydrogens is 310 g/mol. The molecule has 0 aliphatic rings. The van der Waals surface area contributed by atoms with E-state index in [1.54, 1.807) is 25.6 Å². The molecule has 6 heteroatoms. The topological polar surface area (TPSA) is 59.2 Å². The van der Waals surface area contributed by atoms with Gasteiger partial charge in [0, 0.05) is 31.0 Å². The molecule has 0 saturated heterocycles. The van der Waals surface area contributed by atoms with Crippen LogP contribution < -0.4 is 14.8 Å². The van der Waals surface area contributed by atoms with Gasteiger partial charge in [-0.2, -0.15) is 0 Å². The molecule has 0 bridgehead atoms. The van der Waals surface area contributed by atoms with Gasteiger partial charge in [-0.3, -0.25) is 0 Å². The zero-order valence-corrected chi connectivity index (χ0v) is 13.9. The van der Waals surface area contributed by atoms with E-state index in [0.717, 1.165) is 32.6 Å². The SMILES string of the molecule is COc1cccc(CNCc2ncc(-c3ccc[nH]3)s2)c1OC. The van der Waals surface area contributed by atoms with Crippen LogP contribution in [0.15, 0.2) is 42.7 Å². The average molecular weight is 329 g/mol. The molecule has 5 nitrogen and oxygen atoms in total. The summed E-state index contributed by atoms with van der Waals surface area (Å²) in [6, 6.07) is 9.92. The van der Waals surface area contributed by atoms with E-state index < -0.39 is 0 Å². The molecule has 1 aromatic carbocycles. The molecule has 0 aliphatic carbocycles.